The maximum atomic E-state index is 14.1. The van der Waals surface area contributed by atoms with Crippen LogP contribution in [0, 0.1) is 11.8 Å². The average molecular weight is 713 g/mol. The van der Waals surface area contributed by atoms with Crippen molar-refractivity contribution in [1.29, 1.82) is 0 Å². The fourth-order valence-corrected chi connectivity index (χ4v) is 7.92. The number of hydrogen-bond donors (Lipinski definition) is 2. The number of hydrogen-bond acceptors (Lipinski definition) is 11. The fourth-order valence-electron chi connectivity index (χ4n) is 5.78. The molecule has 2 aromatic carbocycles. The lowest BCUT2D eigenvalue weighted by molar-refractivity contribution is -0.123. The Balaban J connectivity index is 1.34. The number of likely N-dealkylation sites (tertiary alicyclic amines) is 1. The summed E-state index contributed by atoms with van der Waals surface area (Å²) in [5, 5.41) is 14.3. The van der Waals surface area contributed by atoms with Crippen LogP contribution in [-0.2, 0) is 32.6 Å². The molecule has 3 heterocycles. The summed E-state index contributed by atoms with van der Waals surface area (Å²) in [7, 11) is -0.511. The van der Waals surface area contributed by atoms with Crippen molar-refractivity contribution >= 4 is 50.5 Å². The molecule has 13 nitrogen and oxygen atoms in total. The number of aromatic nitrogens is 2. The lowest BCUT2D eigenvalue weighted by atomic mass is 9.96. The monoisotopic (exact) mass is 712 g/mol. The molecule has 0 saturated carbocycles. The first-order chi connectivity index (χ1) is 23.4. The standard InChI is InChI=1S/C34H44N6O7S2/c1-23(2)19-40(20-30(41)29(16-24-8-6-5-7-9-24)37-34(43)46-21-26-18-35-22-48-26)49(44,45)27-10-11-28-31(17-27)47-33(36-28)39(4)32(42)25-12-14-38(3)15-13-25/h5-11,17-18,22-23,25,29-30,41H,12-16,19-21H2,1-4H3,(H,37,43). The minimum absolute atomic E-state index is 0.0203. The number of rotatable bonds is 14. The number of sulfonamides is 1. The Morgan fingerprint density at radius 1 is 1.14 bits per heavy atom. The maximum absolute atomic E-state index is 14.1. The van der Waals surface area contributed by atoms with Crippen molar-refractivity contribution in [3.63, 3.8) is 0 Å². The number of ether oxygens (including phenoxy) is 1. The Morgan fingerprint density at radius 3 is 2.55 bits per heavy atom. The molecule has 0 spiro atoms. The molecule has 0 radical (unpaired) electrons. The Bertz CT molecular complexity index is 1790. The number of carbonyl (C=O) groups is 2. The molecule has 1 aliphatic heterocycles. The number of fused-ring (bicyclic) bond motifs is 1. The molecule has 5 rings (SSSR count). The molecular weight excluding hydrogens is 669 g/mol. The zero-order valence-corrected chi connectivity index (χ0v) is 29.8. The van der Waals surface area contributed by atoms with Gasteiger partial charge >= 0.3 is 12.1 Å². The number of nitrogens with one attached hydrogen (secondary N) is 1. The number of oxazole rings is 1. The van der Waals surface area contributed by atoms with Gasteiger partial charge in [0.05, 0.1) is 27.4 Å². The summed E-state index contributed by atoms with van der Waals surface area (Å²) in [5.74, 6) is -0.300. The van der Waals surface area contributed by atoms with Gasteiger partial charge in [0.1, 0.15) is 12.1 Å². The van der Waals surface area contributed by atoms with Crippen LogP contribution in [0.1, 0.15) is 37.1 Å². The number of amides is 2. The van der Waals surface area contributed by atoms with Crippen LogP contribution in [0.3, 0.4) is 0 Å². The predicted molar refractivity (Wildman–Crippen MR) is 187 cm³/mol. The van der Waals surface area contributed by atoms with Gasteiger partial charge in [-0.1, -0.05) is 44.2 Å². The van der Waals surface area contributed by atoms with Gasteiger partial charge in [-0.2, -0.15) is 9.29 Å². The highest BCUT2D eigenvalue weighted by Gasteiger charge is 2.33. The van der Waals surface area contributed by atoms with E-state index in [1.165, 1.54) is 32.7 Å². The van der Waals surface area contributed by atoms with Gasteiger partial charge in [-0.05, 0) is 63.0 Å². The third-order valence-electron chi connectivity index (χ3n) is 8.53. The number of nitrogens with zero attached hydrogens (tertiary/aromatic N) is 5. The third kappa shape index (κ3) is 9.42. The van der Waals surface area contributed by atoms with Crippen LogP contribution >= 0.6 is 11.3 Å². The first-order valence-corrected chi connectivity index (χ1v) is 18.6. The van der Waals surface area contributed by atoms with Crippen molar-refractivity contribution in [2.75, 3.05) is 45.2 Å². The second-order valence-electron chi connectivity index (χ2n) is 12.9. The summed E-state index contributed by atoms with van der Waals surface area (Å²) < 4.78 is 40.8. The first-order valence-electron chi connectivity index (χ1n) is 16.3. The largest absolute Gasteiger partial charge is 0.444 e. The van der Waals surface area contributed by atoms with Crippen molar-refractivity contribution < 1.29 is 32.3 Å². The van der Waals surface area contributed by atoms with Gasteiger partial charge in [-0.3, -0.25) is 14.7 Å². The summed E-state index contributed by atoms with van der Waals surface area (Å²) in [5.41, 5.74) is 3.11. The van der Waals surface area contributed by atoms with E-state index < -0.39 is 28.3 Å². The highest BCUT2D eigenvalue weighted by Crippen LogP contribution is 2.28. The number of aliphatic hydroxyl groups excluding tert-OH is 1. The minimum Gasteiger partial charge on any atom is -0.444 e. The predicted octanol–water partition coefficient (Wildman–Crippen LogP) is 4.13. The van der Waals surface area contributed by atoms with Gasteiger partial charge in [0.25, 0.3) is 0 Å². The fraction of sp³-hybridized carbons (Fsp3) is 0.471. The molecule has 2 atom stereocenters. The van der Waals surface area contributed by atoms with Crippen LogP contribution in [-0.4, -0.2) is 97.1 Å². The number of aliphatic hydroxyl groups is 1. The van der Waals surface area contributed by atoms with E-state index in [1.807, 2.05) is 51.2 Å². The molecule has 1 aliphatic rings. The zero-order valence-electron chi connectivity index (χ0n) is 28.2. The summed E-state index contributed by atoms with van der Waals surface area (Å²) in [6, 6.07) is 12.9. The summed E-state index contributed by atoms with van der Waals surface area (Å²) in [4.78, 5) is 38.7. The van der Waals surface area contributed by atoms with E-state index in [0.717, 1.165) is 36.4 Å². The van der Waals surface area contributed by atoms with Gasteiger partial charge in [-0.25, -0.2) is 13.2 Å². The van der Waals surface area contributed by atoms with Crippen LogP contribution in [0.2, 0.25) is 0 Å². The van der Waals surface area contributed by atoms with E-state index in [4.69, 9.17) is 9.15 Å². The molecule has 2 amide bonds. The second kappa shape index (κ2) is 16.2. The van der Waals surface area contributed by atoms with Gasteiger partial charge < -0.3 is 24.5 Å². The second-order valence-corrected chi connectivity index (χ2v) is 15.8. The maximum Gasteiger partial charge on any atom is 0.407 e. The van der Waals surface area contributed by atoms with Crippen LogP contribution in [0.15, 0.2) is 69.6 Å². The number of thiazole rings is 1. The Hall–Kier alpha value is -3.89. The molecule has 2 N–H and O–H groups in total. The highest BCUT2D eigenvalue weighted by molar-refractivity contribution is 7.89. The normalized spacial score (nSPS) is 15.8. The van der Waals surface area contributed by atoms with E-state index in [1.54, 1.807) is 24.8 Å². The molecule has 1 saturated heterocycles. The highest BCUT2D eigenvalue weighted by atomic mass is 32.2. The molecule has 264 valence electrons. The van der Waals surface area contributed by atoms with Crippen molar-refractivity contribution in [1.82, 2.24) is 24.5 Å². The van der Waals surface area contributed by atoms with E-state index in [-0.39, 0.29) is 60.4 Å². The lowest BCUT2D eigenvalue weighted by Crippen LogP contribution is -2.51. The number of piperidine rings is 1. The number of alkyl carbamates (subject to hydrolysis) is 1. The molecule has 4 aromatic rings. The summed E-state index contributed by atoms with van der Waals surface area (Å²) in [6.07, 6.45) is 1.31. The molecule has 0 bridgehead atoms. The third-order valence-corrected chi connectivity index (χ3v) is 11.1. The van der Waals surface area contributed by atoms with Crippen LogP contribution in [0.4, 0.5) is 10.8 Å². The van der Waals surface area contributed by atoms with Crippen molar-refractivity contribution in [3.8, 4) is 0 Å². The molecule has 0 aliphatic carbocycles. The molecule has 2 unspecified atom stereocenters. The number of anilines is 1. The van der Waals surface area contributed by atoms with Crippen molar-refractivity contribution in [2.24, 2.45) is 11.8 Å². The van der Waals surface area contributed by atoms with Crippen LogP contribution < -0.4 is 10.2 Å². The Labute approximate surface area is 290 Å². The lowest BCUT2D eigenvalue weighted by Gasteiger charge is -2.30. The van der Waals surface area contributed by atoms with Crippen molar-refractivity contribution in [2.45, 2.75) is 56.8 Å². The topological polar surface area (TPSA) is 158 Å². The van der Waals surface area contributed by atoms with Gasteiger partial charge in [0.15, 0.2) is 5.58 Å². The Morgan fingerprint density at radius 2 is 1.88 bits per heavy atom. The molecule has 49 heavy (non-hydrogen) atoms. The van der Waals surface area contributed by atoms with Crippen molar-refractivity contribution in [3.05, 3.63) is 70.7 Å². The molecular formula is C34H44N6O7S2. The molecule has 1 fully saturated rings. The molecule has 15 heteroatoms. The first kappa shape index (κ1) is 36.4. The smallest absolute Gasteiger partial charge is 0.407 e. The average Bonchev–Trinajstić information content (AvgIpc) is 3.77. The van der Waals surface area contributed by atoms with E-state index >= 15 is 0 Å². The Kier molecular flexibility index (Phi) is 12.0. The number of benzene rings is 2. The van der Waals surface area contributed by atoms with Gasteiger partial charge in [0, 0.05) is 38.3 Å². The quantitative estimate of drug-likeness (QED) is 0.195. The minimum atomic E-state index is -4.16. The summed E-state index contributed by atoms with van der Waals surface area (Å²) >= 11 is 1.35. The summed E-state index contributed by atoms with van der Waals surface area (Å²) in [6.45, 7) is 5.28. The van der Waals surface area contributed by atoms with Gasteiger partial charge in [0.2, 0.25) is 15.9 Å². The van der Waals surface area contributed by atoms with Crippen LogP contribution in [0.5, 0.6) is 0 Å². The SMILES string of the molecule is CC(C)CN(CC(O)C(Cc1ccccc1)NC(=O)OCc1cncs1)S(=O)(=O)c1ccc2nc(N(C)C(=O)C3CCN(C)CC3)oc2c1. The van der Waals surface area contributed by atoms with Gasteiger partial charge in [-0.15, -0.1) is 11.3 Å². The van der Waals surface area contributed by atoms with E-state index in [2.05, 4.69) is 20.2 Å². The zero-order chi connectivity index (χ0) is 35.1. The molecule has 2 aromatic heterocycles. The number of carbonyl (C=O) groups excluding carboxylic acids is 2. The van der Waals surface area contributed by atoms with Crippen LogP contribution in [0.25, 0.3) is 11.1 Å². The van der Waals surface area contributed by atoms with E-state index in [0.29, 0.717) is 5.52 Å². The van der Waals surface area contributed by atoms with E-state index in [9.17, 15) is 23.1 Å².